The highest BCUT2D eigenvalue weighted by Gasteiger charge is 2.49. The van der Waals surface area contributed by atoms with Gasteiger partial charge in [-0.05, 0) is 17.7 Å². The zero-order chi connectivity index (χ0) is 24.0. The molecule has 3 unspecified atom stereocenters. The van der Waals surface area contributed by atoms with E-state index in [0.717, 1.165) is 24.3 Å². The van der Waals surface area contributed by atoms with Crippen molar-refractivity contribution in [2.75, 3.05) is 6.61 Å². The van der Waals surface area contributed by atoms with E-state index in [2.05, 4.69) is 0 Å². The molecule has 2 aliphatic heterocycles. The Bertz CT molecular complexity index is 1050. The van der Waals surface area contributed by atoms with Gasteiger partial charge in [-0.15, -0.1) is 0 Å². The minimum absolute atomic E-state index is 0.140. The SMILES string of the molecule is O=C1c2c(O)cc(O)cc2OC(c2ccc(O)c(O)c2)C1OC1O[C@H](CO)[C@@H](O)[C@H](O)[C@H]1O. The van der Waals surface area contributed by atoms with Crippen LogP contribution in [0.2, 0.25) is 0 Å². The lowest BCUT2D eigenvalue weighted by Gasteiger charge is -2.42. The van der Waals surface area contributed by atoms with Crippen LogP contribution in [0.1, 0.15) is 22.0 Å². The lowest BCUT2D eigenvalue weighted by molar-refractivity contribution is -0.311. The molecule has 12 nitrogen and oxygen atoms in total. The fourth-order valence-electron chi connectivity index (χ4n) is 3.82. The van der Waals surface area contributed by atoms with Crippen LogP contribution in [0.3, 0.4) is 0 Å². The minimum atomic E-state index is -1.82. The molecule has 0 spiro atoms. The summed E-state index contributed by atoms with van der Waals surface area (Å²) in [5.41, 5.74) is -0.191. The Hall–Kier alpha value is -3.13. The Balaban J connectivity index is 1.75. The maximum Gasteiger partial charge on any atom is 0.203 e. The summed E-state index contributed by atoms with van der Waals surface area (Å²) in [6.07, 6.45) is -11.2. The number of phenols is 4. The predicted octanol–water partition coefficient (Wildman–Crippen LogP) is -0.990. The molecule has 0 amide bonds. The summed E-state index contributed by atoms with van der Waals surface area (Å²) < 4.78 is 16.7. The fraction of sp³-hybridized carbons (Fsp3) is 0.381. The van der Waals surface area contributed by atoms with E-state index in [9.17, 15) is 45.6 Å². The molecule has 12 heteroatoms. The molecule has 1 saturated heterocycles. The van der Waals surface area contributed by atoms with Crippen LogP contribution in [-0.2, 0) is 9.47 Å². The number of aromatic hydroxyl groups is 4. The zero-order valence-electron chi connectivity index (χ0n) is 16.8. The monoisotopic (exact) mass is 466 g/mol. The maximum absolute atomic E-state index is 13.3. The number of rotatable bonds is 4. The third-order valence-electron chi connectivity index (χ3n) is 5.56. The average Bonchev–Trinajstić information content (AvgIpc) is 2.76. The number of aliphatic hydroxyl groups is 4. The van der Waals surface area contributed by atoms with Crippen molar-refractivity contribution in [3.05, 3.63) is 41.5 Å². The fourth-order valence-corrected chi connectivity index (χ4v) is 3.82. The number of fused-ring (bicyclic) bond motifs is 1. The molecular weight excluding hydrogens is 444 g/mol. The molecule has 0 aliphatic carbocycles. The summed E-state index contributed by atoms with van der Waals surface area (Å²) in [7, 11) is 0. The highest BCUT2D eigenvalue weighted by Crippen LogP contribution is 2.44. The number of Topliss-reactive ketones (excluding diaryl/α,β-unsaturated/α-hetero) is 1. The first-order chi connectivity index (χ1) is 15.6. The number of hydrogen-bond donors (Lipinski definition) is 8. The lowest BCUT2D eigenvalue weighted by Crippen LogP contribution is -2.60. The van der Waals surface area contributed by atoms with Gasteiger partial charge in [0.2, 0.25) is 5.78 Å². The molecule has 0 aromatic heterocycles. The summed E-state index contributed by atoms with van der Waals surface area (Å²) >= 11 is 0. The van der Waals surface area contributed by atoms with Gasteiger partial charge in [0, 0.05) is 12.1 Å². The molecule has 0 saturated carbocycles. The van der Waals surface area contributed by atoms with Crippen LogP contribution in [0.4, 0.5) is 0 Å². The highest BCUT2D eigenvalue weighted by atomic mass is 16.7. The predicted molar refractivity (Wildman–Crippen MR) is 106 cm³/mol. The van der Waals surface area contributed by atoms with E-state index >= 15 is 0 Å². The average molecular weight is 466 g/mol. The first kappa shape index (κ1) is 23.0. The van der Waals surface area contributed by atoms with Gasteiger partial charge in [0.05, 0.1) is 6.61 Å². The molecular formula is C21H22O12. The third-order valence-corrected chi connectivity index (χ3v) is 5.56. The van der Waals surface area contributed by atoms with Crippen LogP contribution < -0.4 is 4.74 Å². The molecule has 2 aromatic carbocycles. The van der Waals surface area contributed by atoms with E-state index in [-0.39, 0.29) is 22.6 Å². The summed E-state index contributed by atoms with van der Waals surface area (Å²) in [6.45, 7) is -0.724. The van der Waals surface area contributed by atoms with Gasteiger partial charge >= 0.3 is 0 Å². The van der Waals surface area contributed by atoms with Gasteiger partial charge in [0.1, 0.15) is 47.2 Å². The maximum atomic E-state index is 13.3. The van der Waals surface area contributed by atoms with Crippen molar-refractivity contribution in [1.82, 2.24) is 0 Å². The second-order valence-corrected chi connectivity index (χ2v) is 7.74. The van der Waals surface area contributed by atoms with Crippen molar-refractivity contribution in [3.63, 3.8) is 0 Å². The van der Waals surface area contributed by atoms with E-state index in [1.165, 1.54) is 6.07 Å². The number of benzene rings is 2. The van der Waals surface area contributed by atoms with Crippen LogP contribution in [-0.4, -0.2) is 90.1 Å². The van der Waals surface area contributed by atoms with Crippen molar-refractivity contribution in [2.45, 2.75) is 42.9 Å². The molecule has 33 heavy (non-hydrogen) atoms. The van der Waals surface area contributed by atoms with E-state index in [1.807, 2.05) is 0 Å². The lowest BCUT2D eigenvalue weighted by atomic mass is 9.92. The summed E-state index contributed by atoms with van der Waals surface area (Å²) in [4.78, 5) is 13.3. The molecule has 0 radical (unpaired) electrons. The van der Waals surface area contributed by atoms with Crippen molar-refractivity contribution in [3.8, 4) is 28.7 Å². The van der Waals surface area contributed by atoms with Gasteiger partial charge in [-0.2, -0.15) is 0 Å². The van der Waals surface area contributed by atoms with E-state index in [0.29, 0.717) is 0 Å². The van der Waals surface area contributed by atoms with Crippen LogP contribution in [0.25, 0.3) is 0 Å². The molecule has 1 fully saturated rings. The highest BCUT2D eigenvalue weighted by molar-refractivity contribution is 6.05. The van der Waals surface area contributed by atoms with Crippen molar-refractivity contribution >= 4 is 5.78 Å². The van der Waals surface area contributed by atoms with Crippen molar-refractivity contribution < 1.29 is 59.9 Å². The molecule has 2 aromatic rings. The number of aliphatic hydroxyl groups excluding tert-OH is 4. The molecule has 2 aliphatic rings. The van der Waals surface area contributed by atoms with Gasteiger partial charge in [-0.1, -0.05) is 6.07 Å². The first-order valence-corrected chi connectivity index (χ1v) is 9.87. The van der Waals surface area contributed by atoms with Crippen molar-refractivity contribution in [2.24, 2.45) is 0 Å². The molecule has 2 heterocycles. The van der Waals surface area contributed by atoms with Gasteiger partial charge in [0.15, 0.2) is 30.0 Å². The Morgan fingerprint density at radius 1 is 0.879 bits per heavy atom. The third kappa shape index (κ3) is 4.04. The number of ether oxygens (including phenoxy) is 3. The van der Waals surface area contributed by atoms with Crippen LogP contribution in [0.15, 0.2) is 30.3 Å². The van der Waals surface area contributed by atoms with Crippen LogP contribution >= 0.6 is 0 Å². The Morgan fingerprint density at radius 2 is 1.61 bits per heavy atom. The van der Waals surface area contributed by atoms with Gasteiger partial charge in [-0.3, -0.25) is 4.79 Å². The number of hydrogen-bond acceptors (Lipinski definition) is 12. The number of carbonyl (C=O) groups is 1. The molecule has 4 rings (SSSR count). The quantitative estimate of drug-likeness (QED) is 0.256. The topological polar surface area (TPSA) is 207 Å². The Kier molecular flexibility index (Phi) is 6.05. The van der Waals surface area contributed by atoms with E-state index in [1.54, 1.807) is 0 Å². The summed E-state index contributed by atoms with van der Waals surface area (Å²) in [6, 6.07) is 5.57. The number of carbonyl (C=O) groups excluding carboxylic acids is 1. The Labute approximate surface area is 186 Å². The largest absolute Gasteiger partial charge is 0.508 e. The zero-order valence-corrected chi connectivity index (χ0v) is 16.8. The standard InChI is InChI=1S/C21H22O12/c22-6-13-15(27)17(29)18(30)21(32-13)33-20-16(28)14-11(26)4-8(23)5-12(14)31-19(20)7-1-2-9(24)10(25)3-7/h1-5,13,15,17-27,29-30H,6H2/t13-,15-,17+,18-,19?,20?,21?/m1/s1. The number of phenolic OH excluding ortho intramolecular Hbond substituents is 4. The second kappa shape index (κ2) is 8.67. The molecule has 7 atom stereocenters. The Morgan fingerprint density at radius 3 is 2.27 bits per heavy atom. The molecule has 8 N–H and O–H groups in total. The second-order valence-electron chi connectivity index (χ2n) is 7.74. The molecule has 178 valence electrons. The normalized spacial score (nSPS) is 31.6. The molecule has 0 bridgehead atoms. The first-order valence-electron chi connectivity index (χ1n) is 9.87. The van der Waals surface area contributed by atoms with E-state index < -0.39 is 72.6 Å². The minimum Gasteiger partial charge on any atom is -0.508 e. The smallest absolute Gasteiger partial charge is 0.203 e. The van der Waals surface area contributed by atoms with Crippen LogP contribution in [0.5, 0.6) is 28.7 Å². The van der Waals surface area contributed by atoms with Crippen molar-refractivity contribution in [1.29, 1.82) is 0 Å². The van der Waals surface area contributed by atoms with E-state index in [4.69, 9.17) is 14.2 Å². The van der Waals surface area contributed by atoms with Gasteiger partial charge < -0.3 is 55.1 Å². The summed E-state index contributed by atoms with van der Waals surface area (Å²) in [5.74, 6) is -3.00. The summed E-state index contributed by atoms with van der Waals surface area (Å²) in [5, 5.41) is 79.2. The van der Waals surface area contributed by atoms with Gasteiger partial charge in [0.25, 0.3) is 0 Å². The van der Waals surface area contributed by atoms with Crippen LogP contribution in [0, 0.1) is 0 Å². The van der Waals surface area contributed by atoms with Gasteiger partial charge in [-0.25, -0.2) is 0 Å². The number of ketones is 1.